The minimum atomic E-state index is -3.66. The maximum Gasteiger partial charge on any atom is 0.255 e. The summed E-state index contributed by atoms with van der Waals surface area (Å²) in [6.45, 7) is 2.88. The highest BCUT2D eigenvalue weighted by molar-refractivity contribution is 7.89. The van der Waals surface area contributed by atoms with Gasteiger partial charge in [0.1, 0.15) is 0 Å². The standard InChI is InChI=1S/C20H27ClN2O4S/c21-19-6-5-17(28(25,26)23-9-11-27-12-10-23)13-18(19)20(24)22-8-7-15-3-1-2-4-16(15)14-22/h5-6,13,15-16H,1-4,7-12,14H2/t15-,16+/m0/s1. The molecule has 1 aromatic rings. The Morgan fingerprint density at radius 2 is 1.75 bits per heavy atom. The lowest BCUT2D eigenvalue weighted by atomic mass is 9.75. The van der Waals surface area contributed by atoms with Crippen LogP contribution < -0.4 is 0 Å². The van der Waals surface area contributed by atoms with Crippen LogP contribution in [0.25, 0.3) is 0 Å². The van der Waals surface area contributed by atoms with Crippen LogP contribution in [0.3, 0.4) is 0 Å². The maximum atomic E-state index is 13.2. The molecule has 0 aromatic heterocycles. The average Bonchev–Trinajstić information content (AvgIpc) is 2.73. The lowest BCUT2D eigenvalue weighted by Gasteiger charge is -2.41. The third-order valence-corrected chi connectivity index (χ3v) is 8.58. The molecule has 3 aliphatic rings. The number of amides is 1. The van der Waals surface area contributed by atoms with Crippen LogP contribution in [0.5, 0.6) is 0 Å². The minimum absolute atomic E-state index is 0.120. The molecule has 154 valence electrons. The van der Waals surface area contributed by atoms with Gasteiger partial charge in [0.05, 0.1) is 28.7 Å². The molecular weight excluding hydrogens is 400 g/mol. The Morgan fingerprint density at radius 1 is 1.04 bits per heavy atom. The van der Waals surface area contributed by atoms with Crippen molar-refractivity contribution in [3.63, 3.8) is 0 Å². The van der Waals surface area contributed by atoms with Gasteiger partial charge in [-0.1, -0.05) is 30.9 Å². The molecule has 0 radical (unpaired) electrons. The van der Waals surface area contributed by atoms with Gasteiger partial charge in [-0.25, -0.2) is 8.42 Å². The number of fused-ring (bicyclic) bond motifs is 1. The number of ether oxygens (including phenoxy) is 1. The monoisotopic (exact) mass is 426 g/mol. The summed E-state index contributed by atoms with van der Waals surface area (Å²) in [6, 6.07) is 4.45. The van der Waals surface area contributed by atoms with E-state index in [1.807, 2.05) is 4.90 Å². The first-order valence-corrected chi connectivity index (χ1v) is 12.0. The van der Waals surface area contributed by atoms with E-state index in [0.717, 1.165) is 25.4 Å². The van der Waals surface area contributed by atoms with Crippen molar-refractivity contribution in [3.05, 3.63) is 28.8 Å². The zero-order valence-electron chi connectivity index (χ0n) is 16.0. The molecule has 1 saturated carbocycles. The quantitative estimate of drug-likeness (QED) is 0.745. The van der Waals surface area contributed by atoms with Gasteiger partial charge in [0.2, 0.25) is 10.0 Å². The number of piperidine rings is 1. The number of sulfonamides is 1. The molecule has 2 saturated heterocycles. The summed E-state index contributed by atoms with van der Waals surface area (Å²) in [6.07, 6.45) is 5.99. The zero-order valence-corrected chi connectivity index (χ0v) is 17.6. The van der Waals surface area contributed by atoms with Gasteiger partial charge in [0.15, 0.2) is 0 Å². The molecule has 0 spiro atoms. The van der Waals surface area contributed by atoms with Crippen LogP contribution >= 0.6 is 11.6 Å². The molecule has 3 fully saturated rings. The highest BCUT2D eigenvalue weighted by Gasteiger charge is 2.34. The Hall–Kier alpha value is -1.15. The Labute approximate surface area is 171 Å². The van der Waals surface area contributed by atoms with E-state index in [4.69, 9.17) is 16.3 Å². The van der Waals surface area contributed by atoms with Crippen LogP contribution in [0.15, 0.2) is 23.1 Å². The molecule has 0 unspecified atom stereocenters. The fourth-order valence-electron chi connectivity index (χ4n) is 4.72. The second kappa shape index (κ2) is 8.30. The van der Waals surface area contributed by atoms with Gasteiger partial charge in [-0.05, 0) is 42.9 Å². The first-order valence-electron chi connectivity index (χ1n) is 10.1. The summed E-state index contributed by atoms with van der Waals surface area (Å²) in [5, 5.41) is 0.302. The number of morpholine rings is 1. The molecule has 0 N–H and O–H groups in total. The Balaban J connectivity index is 1.56. The molecule has 2 heterocycles. The van der Waals surface area contributed by atoms with Crippen molar-refractivity contribution >= 4 is 27.5 Å². The number of carbonyl (C=O) groups excluding carboxylic acids is 1. The van der Waals surface area contributed by atoms with Crippen molar-refractivity contribution in [2.24, 2.45) is 11.8 Å². The average molecular weight is 427 g/mol. The third-order valence-electron chi connectivity index (χ3n) is 6.35. The van der Waals surface area contributed by atoms with E-state index in [2.05, 4.69) is 0 Å². The molecule has 4 rings (SSSR count). The molecule has 1 aromatic carbocycles. The molecule has 8 heteroatoms. The first kappa shape index (κ1) is 20.1. The van der Waals surface area contributed by atoms with Gasteiger partial charge in [-0.15, -0.1) is 0 Å². The van der Waals surface area contributed by atoms with E-state index in [1.54, 1.807) is 0 Å². The normalized spacial score (nSPS) is 26.7. The van der Waals surface area contributed by atoms with Gasteiger partial charge < -0.3 is 9.64 Å². The van der Waals surface area contributed by atoms with E-state index < -0.39 is 10.0 Å². The number of benzene rings is 1. The first-order chi connectivity index (χ1) is 13.5. The Bertz CT molecular complexity index is 839. The predicted octanol–water partition coefficient (Wildman–Crippen LogP) is 3.01. The summed E-state index contributed by atoms with van der Waals surface area (Å²) < 4.78 is 32.5. The van der Waals surface area contributed by atoms with Crippen LogP contribution in [0.4, 0.5) is 0 Å². The summed E-state index contributed by atoms with van der Waals surface area (Å²) in [5.74, 6) is 1.12. The van der Waals surface area contributed by atoms with Gasteiger partial charge in [0.25, 0.3) is 5.91 Å². The SMILES string of the molecule is O=C(c1cc(S(=O)(=O)N2CCOCC2)ccc1Cl)N1CC[C@@H]2CCCC[C@@H]2C1. The molecule has 6 nitrogen and oxygen atoms in total. The van der Waals surface area contributed by atoms with Gasteiger partial charge in [-0.3, -0.25) is 4.79 Å². The molecule has 1 aliphatic carbocycles. The summed E-state index contributed by atoms with van der Waals surface area (Å²) in [7, 11) is -3.66. The van der Waals surface area contributed by atoms with Crippen LogP contribution in [-0.2, 0) is 14.8 Å². The number of rotatable bonds is 3. The summed E-state index contributed by atoms with van der Waals surface area (Å²) in [5.41, 5.74) is 0.283. The molecule has 2 aliphatic heterocycles. The minimum Gasteiger partial charge on any atom is -0.379 e. The van der Waals surface area contributed by atoms with Crippen molar-refractivity contribution in [1.29, 1.82) is 0 Å². The van der Waals surface area contributed by atoms with Crippen LogP contribution in [0.1, 0.15) is 42.5 Å². The van der Waals surface area contributed by atoms with Crippen molar-refractivity contribution in [2.45, 2.75) is 37.0 Å². The van der Waals surface area contributed by atoms with Gasteiger partial charge in [0, 0.05) is 26.2 Å². The highest BCUT2D eigenvalue weighted by atomic mass is 35.5. The van der Waals surface area contributed by atoms with Gasteiger partial charge >= 0.3 is 0 Å². The number of nitrogens with zero attached hydrogens (tertiary/aromatic N) is 2. The topological polar surface area (TPSA) is 66.9 Å². The molecular formula is C20H27ClN2O4S. The second-order valence-electron chi connectivity index (χ2n) is 8.00. The lowest BCUT2D eigenvalue weighted by Crippen LogP contribution is -2.45. The van der Waals surface area contributed by atoms with Crippen LogP contribution in [0.2, 0.25) is 5.02 Å². The number of likely N-dealkylation sites (tertiary alicyclic amines) is 1. The highest BCUT2D eigenvalue weighted by Crippen LogP contribution is 2.37. The van der Waals surface area contributed by atoms with Crippen molar-refractivity contribution in [2.75, 3.05) is 39.4 Å². The van der Waals surface area contributed by atoms with E-state index in [9.17, 15) is 13.2 Å². The third kappa shape index (κ3) is 3.95. The molecule has 0 bridgehead atoms. The van der Waals surface area contributed by atoms with E-state index in [0.29, 0.717) is 37.2 Å². The predicted molar refractivity (Wildman–Crippen MR) is 107 cm³/mol. The fraction of sp³-hybridized carbons (Fsp3) is 0.650. The number of halogens is 1. The zero-order chi connectivity index (χ0) is 19.7. The lowest BCUT2D eigenvalue weighted by molar-refractivity contribution is 0.0520. The maximum absolute atomic E-state index is 13.2. The van der Waals surface area contributed by atoms with Crippen molar-refractivity contribution in [3.8, 4) is 0 Å². The molecule has 28 heavy (non-hydrogen) atoms. The summed E-state index contributed by atoms with van der Waals surface area (Å²) in [4.78, 5) is 15.1. The van der Waals surface area contributed by atoms with E-state index >= 15 is 0 Å². The smallest absolute Gasteiger partial charge is 0.255 e. The number of hydrogen-bond donors (Lipinski definition) is 0. The second-order valence-corrected chi connectivity index (χ2v) is 10.3. The van der Waals surface area contributed by atoms with E-state index in [1.165, 1.54) is 48.2 Å². The van der Waals surface area contributed by atoms with Crippen molar-refractivity contribution in [1.82, 2.24) is 9.21 Å². The van der Waals surface area contributed by atoms with Crippen LogP contribution in [-0.4, -0.2) is 62.9 Å². The molecule has 2 atom stereocenters. The number of carbonyl (C=O) groups is 1. The van der Waals surface area contributed by atoms with E-state index in [-0.39, 0.29) is 16.4 Å². The number of hydrogen-bond acceptors (Lipinski definition) is 4. The molecule has 1 amide bonds. The Kier molecular flexibility index (Phi) is 5.97. The fourth-order valence-corrected chi connectivity index (χ4v) is 6.35. The largest absolute Gasteiger partial charge is 0.379 e. The van der Waals surface area contributed by atoms with Gasteiger partial charge in [-0.2, -0.15) is 4.31 Å². The Morgan fingerprint density at radius 3 is 2.50 bits per heavy atom. The van der Waals surface area contributed by atoms with Crippen molar-refractivity contribution < 1.29 is 17.9 Å². The van der Waals surface area contributed by atoms with Crippen LogP contribution in [0, 0.1) is 11.8 Å². The summed E-state index contributed by atoms with van der Waals surface area (Å²) >= 11 is 6.31.